The number of aryl methyl sites for hydroxylation is 3. The molecule has 0 bridgehead atoms. The van der Waals surface area contributed by atoms with Gasteiger partial charge in [-0.3, -0.25) is 20.1 Å². The fraction of sp³-hybridized carbons (Fsp3) is 0.521. The number of aromatic amines is 2. The molecule has 137 heavy (non-hydrogen) atoms. The number of halogens is 2. The number of hydrogen-bond acceptors (Lipinski definition) is 32. The number of ether oxygens (including phenoxy) is 4. The van der Waals surface area contributed by atoms with Gasteiger partial charge in [0.1, 0.15) is 54.5 Å². The molecule has 6 atom stereocenters. The van der Waals surface area contributed by atoms with E-state index in [-0.39, 0.29) is 57.6 Å². The summed E-state index contributed by atoms with van der Waals surface area (Å²) in [5.74, 6) is 0. The van der Waals surface area contributed by atoms with E-state index in [1.807, 2.05) is 172 Å². The number of allylic oxidation sites excluding steroid dienone is 2. The zero-order valence-corrected chi connectivity index (χ0v) is 88.4. The molecule has 734 valence electrons. The summed E-state index contributed by atoms with van der Waals surface area (Å²) < 4.78 is 37.5. The molecule has 32 nitrogen and oxygen atoms in total. The van der Waals surface area contributed by atoms with Crippen molar-refractivity contribution in [1.29, 1.82) is 0 Å². The molecule has 4 fully saturated rings. The molecule has 0 saturated carbocycles. The molecule has 4 aliphatic heterocycles. The number of hydrogen-bond donors (Lipinski definition) is 3. The summed E-state index contributed by atoms with van der Waals surface area (Å²) in [4.78, 5) is 113. The van der Waals surface area contributed by atoms with Crippen LogP contribution < -0.4 is 25.5 Å². The monoisotopic (exact) mass is 2060 g/mol. The van der Waals surface area contributed by atoms with Gasteiger partial charge in [0, 0.05) is 151 Å². The summed E-state index contributed by atoms with van der Waals surface area (Å²) in [6.07, 6.45) is 27.2. The molecule has 2 aliphatic carbocycles. The van der Waals surface area contributed by atoms with Gasteiger partial charge in [-0.1, -0.05) is 107 Å². The van der Waals surface area contributed by atoms with Crippen molar-refractivity contribution in [2.45, 2.75) is 288 Å². The number of thiazole rings is 6. The molecule has 0 unspecified atom stereocenters. The Labute approximate surface area is 840 Å². The van der Waals surface area contributed by atoms with Crippen LogP contribution in [0.4, 0.5) is 34.6 Å². The van der Waals surface area contributed by atoms with Crippen LogP contribution in [0.1, 0.15) is 224 Å². The molecule has 3 N–H and O–H groups in total. The first kappa shape index (κ1) is 105. The molecule has 13 aromatic heterocycles. The number of pyridine rings is 3. The summed E-state index contributed by atoms with van der Waals surface area (Å²) >= 11 is 13.2. The summed E-state index contributed by atoms with van der Waals surface area (Å²) in [6.45, 7) is 44.8. The first-order chi connectivity index (χ1) is 63.1. The van der Waals surface area contributed by atoms with Crippen LogP contribution in [0.3, 0.4) is 0 Å². The number of nitrogens with one attached hydrogen (secondary N) is 3. The number of H-pyrrole nitrogens is 2. The Kier molecular flexibility index (Phi) is 31.2. The van der Waals surface area contributed by atoms with Gasteiger partial charge < -0.3 is 63.1 Å². The molecule has 0 radical (unpaired) electrons. The Morgan fingerprint density at radius 3 is 1.40 bits per heavy atom. The smallest absolute Gasteiger partial charge is 0.444 e. The second-order valence-electron chi connectivity index (χ2n) is 40.0. The van der Waals surface area contributed by atoms with E-state index in [9.17, 15) is 19.2 Å². The minimum absolute atomic E-state index is 0. The number of carbonyl (C=O) groups excluding carboxylic acids is 4. The fourth-order valence-electron chi connectivity index (χ4n) is 17.1. The molecular weight excluding hydrogens is 1940 g/mol. The van der Waals surface area contributed by atoms with E-state index in [0.717, 1.165) is 200 Å². The molecule has 4 saturated heterocycles. The van der Waals surface area contributed by atoms with Gasteiger partial charge in [-0.05, 0) is 254 Å². The maximum atomic E-state index is 12.7. The van der Waals surface area contributed by atoms with E-state index >= 15 is 0 Å². The number of piperidine rings is 3. The normalized spacial score (nSPS) is 18.9. The molecule has 41 heteroatoms. The predicted octanol–water partition coefficient (Wildman–Crippen LogP) is 22.5. The van der Waals surface area contributed by atoms with Gasteiger partial charge in [0.15, 0.2) is 44.4 Å². The number of amides is 2. The van der Waals surface area contributed by atoms with Crippen LogP contribution in [0.5, 0.6) is 0 Å². The van der Waals surface area contributed by atoms with E-state index in [1.54, 1.807) is 80.4 Å². The largest absolute Gasteiger partial charge is 0.498 e. The predicted molar refractivity (Wildman–Crippen MR) is 562 cm³/mol. The maximum Gasteiger partial charge on any atom is 0.498 e. The number of likely N-dealkylation sites (tertiary alicyclic amines) is 2. The summed E-state index contributed by atoms with van der Waals surface area (Å²) in [6, 6.07) is 3.91. The molecule has 19 rings (SSSR count). The van der Waals surface area contributed by atoms with Gasteiger partial charge in [0.2, 0.25) is 0 Å². The first-order valence-electron chi connectivity index (χ1n) is 45.3. The Balaban J connectivity index is 0.000000158. The lowest BCUT2D eigenvalue weighted by Crippen LogP contribution is -2.51. The number of rotatable bonds is 12. The lowest BCUT2D eigenvalue weighted by atomic mass is 9.79. The number of anilines is 3. The minimum Gasteiger partial charge on any atom is -0.444 e. The molecule has 17 heterocycles. The average molecular weight is 2070 g/mol. The number of aromatic nitrogens is 16. The third kappa shape index (κ3) is 22.8. The molecule has 13 aromatic rings. The lowest BCUT2D eigenvalue weighted by Gasteiger charge is -2.41. The van der Waals surface area contributed by atoms with Gasteiger partial charge in [0.05, 0.1) is 34.3 Å². The van der Waals surface area contributed by atoms with Crippen molar-refractivity contribution in [3.8, 4) is 54.4 Å². The van der Waals surface area contributed by atoms with Gasteiger partial charge in [-0.2, -0.15) is 24.7 Å². The van der Waals surface area contributed by atoms with E-state index in [0.29, 0.717) is 36.9 Å². The summed E-state index contributed by atoms with van der Waals surface area (Å²) in [5.41, 5.74) is 12.3. The van der Waals surface area contributed by atoms with Crippen molar-refractivity contribution in [2.75, 3.05) is 55.5 Å². The molecule has 0 spiro atoms. The molecule has 0 aromatic carbocycles. The van der Waals surface area contributed by atoms with Crippen LogP contribution in [0.15, 0.2) is 66.1 Å². The lowest BCUT2D eigenvalue weighted by molar-refractivity contribution is 0.00578. The van der Waals surface area contributed by atoms with Crippen molar-refractivity contribution < 1.29 is 47.4 Å². The Morgan fingerprint density at radius 2 is 0.942 bits per heavy atom. The molecular formula is C96H127BBrClN22O10S6. The third-order valence-electron chi connectivity index (χ3n) is 24.7. The Hall–Kier alpha value is -9.75. The maximum absolute atomic E-state index is 12.7. The van der Waals surface area contributed by atoms with Gasteiger partial charge in [-0.25, -0.2) is 49.1 Å². The van der Waals surface area contributed by atoms with Crippen LogP contribution >= 0.6 is 96.4 Å². The Morgan fingerprint density at radius 1 is 0.518 bits per heavy atom. The van der Waals surface area contributed by atoms with E-state index < -0.39 is 52.9 Å². The second kappa shape index (κ2) is 40.8. The van der Waals surface area contributed by atoms with Gasteiger partial charge >= 0.3 is 31.5 Å². The van der Waals surface area contributed by atoms with E-state index in [4.69, 9.17) is 68.1 Å². The zero-order chi connectivity index (χ0) is 96.1. The SMILES string of the molecule is C.C.C[C@H]1C[C@H](N(C)c2nc3sc(-c4ncc(Br)c5c4CC=C5)nc3s2)CCN1C(=O)OC(C)(C)C.Cc1[nH]ncc1-c1cnc(-c2nc3sc(N(C)[C@@H]4CCN[C@@H](C)C4)nc3s2)c2[nH]ccc12.Cc1nn(C(=O)OC(C)(C)C)cc1-c1cnc(-c2nc3sc(N(C)[C@@H]4CCN(C(=O)OC(C)(C)C)[C@@H](C)C4)nc3s2)c2c1C=CC2.Cc1nn(C(=O)OC(C)(C)C)cc1B1OC(C)(C)C(C)(C)O1.Cl. The third-order valence-corrected chi connectivity index (χ3v) is 31.7. The van der Waals surface area contributed by atoms with Gasteiger partial charge in [-0.15, -0.1) is 12.4 Å². The highest BCUT2D eigenvalue weighted by molar-refractivity contribution is 9.10. The van der Waals surface area contributed by atoms with E-state index in [1.165, 1.54) is 20.5 Å². The number of carbonyl (C=O) groups is 4. The average Bonchev–Trinajstić information content (AvgIpc) is 1.61. The zero-order valence-electron chi connectivity index (χ0n) is 81.1. The van der Waals surface area contributed by atoms with Crippen LogP contribution in [0, 0.1) is 20.8 Å². The highest BCUT2D eigenvalue weighted by Gasteiger charge is 2.53. The Bertz CT molecular complexity index is 6540. The second-order valence-corrected chi connectivity index (χ2v) is 46.7. The van der Waals surface area contributed by atoms with Crippen molar-refractivity contribution in [1.82, 2.24) is 94.7 Å². The standard InChI is InChI=1S/C33H41N7O4S2.C24H28BrN5O2S2.C22H24N8S2.C15H25BN2O4.2CH4.ClH/c1-18-15-20(13-14-39(18)30(41)43-32(3,4)5)38(9)29-36-28-27(46-29)35-26(45-28)25-22-12-10-11-21(22)23(16-34-25)24-17-40(37-19(24)2)31(42)44-33(6,7)8;1-13-11-14(9-10-30(13)23(31)32-24(2,3)4)29(5)22-28-21-20(34-22)27-19(33-21)18-16-8-6-7-15(16)17(25)12-26-18;1-11-8-13(4-6-23-11)30(3)22-28-21-20(32-22)27-19(31-21)18-17-14(5-7-24-17)16(9-25-18)15-10-26-29-12(15)2;1-10-11(16-21-14(5,6)15(7,8)22-16)9-18(17-10)12(19)20-13(2,3)4;;;/h10-11,16-18,20H,12-15H2,1-9H3;6-7,12-14H,8-11H2,1-5H3;5,7,9-11,13,23-24H,4,6,8H2,1-3H3,(H,26,29);9H,1-8H3;2*1H4;1H/t18-,20+;13-,14+;11-,13+;;;;/m000..../s1. The molecule has 6 aliphatic rings. The van der Waals surface area contributed by atoms with Gasteiger partial charge in [0.25, 0.3) is 0 Å². The van der Waals surface area contributed by atoms with Crippen LogP contribution in [0.25, 0.3) is 106 Å². The van der Waals surface area contributed by atoms with Crippen molar-refractivity contribution >= 4 is 201 Å². The first-order valence-corrected chi connectivity index (χ1v) is 51.0. The molecule has 2 amide bonds. The fourth-order valence-corrected chi connectivity index (χ4v) is 23.8. The number of nitrogens with zero attached hydrogens (tertiary/aromatic N) is 19. The van der Waals surface area contributed by atoms with Crippen molar-refractivity contribution in [3.63, 3.8) is 0 Å². The quantitative estimate of drug-likeness (QED) is 0.0755. The topological polar surface area (TPSA) is 348 Å². The van der Waals surface area contributed by atoms with E-state index in [2.05, 4.69) is 139 Å². The van der Waals surface area contributed by atoms with Crippen LogP contribution in [-0.2, 0) is 41.1 Å². The van der Waals surface area contributed by atoms with Crippen molar-refractivity contribution in [3.05, 3.63) is 105 Å². The highest BCUT2D eigenvalue weighted by Crippen LogP contribution is 2.47. The summed E-state index contributed by atoms with van der Waals surface area (Å²) in [5, 5.41) is 26.1. The number of fused-ring (bicyclic) bond motifs is 6. The minimum atomic E-state index is -0.615. The highest BCUT2D eigenvalue weighted by atomic mass is 79.9. The van der Waals surface area contributed by atoms with Crippen LogP contribution in [-0.4, -0.2) is 232 Å². The van der Waals surface area contributed by atoms with Crippen LogP contribution in [0.2, 0.25) is 0 Å². The van der Waals surface area contributed by atoms with Crippen molar-refractivity contribution in [2.24, 2.45) is 0 Å². The summed E-state index contributed by atoms with van der Waals surface area (Å²) in [7, 11) is 5.79.